The average molecular weight is 206 g/mol. The third-order valence-corrected chi connectivity index (χ3v) is 2.55. The zero-order valence-corrected chi connectivity index (χ0v) is 8.55. The molecule has 1 rings (SSSR count). The largest absolute Gasteiger partial charge is 0.479 e. The highest BCUT2D eigenvalue weighted by Gasteiger charge is 2.42. The quantitative estimate of drug-likeness (QED) is 0.738. The fourth-order valence-corrected chi connectivity index (χ4v) is 1.44. The zero-order chi connectivity index (χ0) is 11.5. The Hall–Kier alpha value is -1.61. The highest BCUT2D eigenvalue weighted by Crippen LogP contribution is 2.30. The molecule has 0 radical (unpaired) electrons. The first kappa shape index (κ1) is 11.5. The van der Waals surface area contributed by atoms with Crippen LogP contribution in [0.2, 0.25) is 0 Å². The lowest BCUT2D eigenvalue weighted by Gasteiger charge is -2.28. The van der Waals surface area contributed by atoms with E-state index >= 15 is 0 Å². The molecule has 2 N–H and O–H groups in total. The Morgan fingerprint density at radius 2 is 2.00 bits per heavy atom. The lowest BCUT2D eigenvalue weighted by atomic mass is 9.82. The van der Waals surface area contributed by atoms with Gasteiger partial charge in [-0.2, -0.15) is 0 Å². The molecular formula is C12H14O3. The number of carboxylic acid groups (broad SMARTS) is 1. The van der Waals surface area contributed by atoms with Crippen LogP contribution in [-0.4, -0.2) is 16.2 Å². The second kappa shape index (κ2) is 4.28. The van der Waals surface area contributed by atoms with E-state index in [0.717, 1.165) is 0 Å². The van der Waals surface area contributed by atoms with Gasteiger partial charge in [-0.15, -0.1) is 6.58 Å². The van der Waals surface area contributed by atoms with Crippen LogP contribution in [0.5, 0.6) is 0 Å². The summed E-state index contributed by atoms with van der Waals surface area (Å²) in [6.07, 6.45) is 1.43. The van der Waals surface area contributed by atoms with Gasteiger partial charge in [0.25, 0.3) is 0 Å². The van der Waals surface area contributed by atoms with Gasteiger partial charge in [0.2, 0.25) is 0 Å². The van der Waals surface area contributed by atoms with Crippen LogP contribution in [0, 0.1) is 5.92 Å². The highest BCUT2D eigenvalue weighted by molar-refractivity contribution is 5.79. The molecule has 0 aliphatic carbocycles. The Bertz CT molecular complexity index is 358. The summed E-state index contributed by atoms with van der Waals surface area (Å²) in [5.41, 5.74) is -1.53. The van der Waals surface area contributed by atoms with Crippen molar-refractivity contribution in [3.8, 4) is 0 Å². The molecule has 0 saturated carbocycles. The second-order valence-electron chi connectivity index (χ2n) is 3.46. The smallest absolute Gasteiger partial charge is 0.341 e. The van der Waals surface area contributed by atoms with Crippen molar-refractivity contribution >= 4 is 5.97 Å². The maximum absolute atomic E-state index is 11.1. The SMILES string of the molecule is C=C[C@H](C)[C@](O)(C(=O)O)c1ccccc1. The van der Waals surface area contributed by atoms with Crippen molar-refractivity contribution in [2.45, 2.75) is 12.5 Å². The van der Waals surface area contributed by atoms with Crippen LogP contribution >= 0.6 is 0 Å². The van der Waals surface area contributed by atoms with Crippen molar-refractivity contribution in [3.63, 3.8) is 0 Å². The number of carbonyl (C=O) groups is 1. The normalized spacial score (nSPS) is 16.4. The zero-order valence-electron chi connectivity index (χ0n) is 8.55. The van der Waals surface area contributed by atoms with Gasteiger partial charge in [-0.1, -0.05) is 43.3 Å². The van der Waals surface area contributed by atoms with Gasteiger partial charge in [-0.05, 0) is 5.56 Å². The summed E-state index contributed by atoms with van der Waals surface area (Å²) in [4.78, 5) is 11.1. The van der Waals surface area contributed by atoms with E-state index in [1.54, 1.807) is 37.3 Å². The number of aliphatic carboxylic acids is 1. The monoisotopic (exact) mass is 206 g/mol. The summed E-state index contributed by atoms with van der Waals surface area (Å²) >= 11 is 0. The fourth-order valence-electron chi connectivity index (χ4n) is 1.44. The van der Waals surface area contributed by atoms with E-state index in [1.165, 1.54) is 6.08 Å². The Labute approximate surface area is 88.7 Å². The molecular weight excluding hydrogens is 192 g/mol. The molecule has 0 aliphatic heterocycles. The van der Waals surface area contributed by atoms with Gasteiger partial charge < -0.3 is 10.2 Å². The van der Waals surface area contributed by atoms with E-state index in [9.17, 15) is 9.90 Å². The predicted octanol–water partition coefficient (Wildman–Crippen LogP) is 1.78. The summed E-state index contributed by atoms with van der Waals surface area (Å²) in [6, 6.07) is 8.34. The molecule has 1 aromatic rings. The number of carboxylic acids is 1. The predicted molar refractivity (Wildman–Crippen MR) is 57.3 cm³/mol. The minimum Gasteiger partial charge on any atom is -0.479 e. The molecule has 0 fully saturated rings. The number of hydrogen-bond acceptors (Lipinski definition) is 2. The first-order valence-electron chi connectivity index (χ1n) is 4.67. The lowest BCUT2D eigenvalue weighted by Crippen LogP contribution is -2.41. The number of aliphatic hydroxyl groups is 1. The molecule has 0 amide bonds. The highest BCUT2D eigenvalue weighted by atomic mass is 16.4. The molecule has 1 aromatic carbocycles. The molecule has 0 unspecified atom stereocenters. The van der Waals surface area contributed by atoms with E-state index in [1.807, 2.05) is 0 Å². The number of benzene rings is 1. The van der Waals surface area contributed by atoms with E-state index in [4.69, 9.17) is 5.11 Å². The van der Waals surface area contributed by atoms with E-state index < -0.39 is 17.5 Å². The van der Waals surface area contributed by atoms with Crippen molar-refractivity contribution in [2.75, 3.05) is 0 Å². The van der Waals surface area contributed by atoms with Crippen molar-refractivity contribution in [1.82, 2.24) is 0 Å². The second-order valence-corrected chi connectivity index (χ2v) is 3.46. The van der Waals surface area contributed by atoms with Crippen molar-refractivity contribution < 1.29 is 15.0 Å². The van der Waals surface area contributed by atoms with Gasteiger partial charge in [0.05, 0.1) is 0 Å². The molecule has 3 nitrogen and oxygen atoms in total. The molecule has 80 valence electrons. The van der Waals surface area contributed by atoms with Crippen LogP contribution in [0.1, 0.15) is 12.5 Å². The van der Waals surface area contributed by atoms with Gasteiger partial charge in [0, 0.05) is 5.92 Å². The van der Waals surface area contributed by atoms with Crippen LogP contribution in [0.4, 0.5) is 0 Å². The maximum atomic E-state index is 11.1. The molecule has 0 heterocycles. The van der Waals surface area contributed by atoms with E-state index in [0.29, 0.717) is 5.56 Å². The number of hydrogen-bond donors (Lipinski definition) is 2. The fraction of sp³-hybridized carbons (Fsp3) is 0.250. The van der Waals surface area contributed by atoms with Gasteiger partial charge in [-0.25, -0.2) is 4.79 Å². The summed E-state index contributed by atoms with van der Waals surface area (Å²) in [5.74, 6) is -1.82. The van der Waals surface area contributed by atoms with E-state index in [2.05, 4.69) is 6.58 Å². The summed E-state index contributed by atoms with van der Waals surface area (Å²) in [6.45, 7) is 5.13. The van der Waals surface area contributed by atoms with Crippen molar-refractivity contribution in [3.05, 3.63) is 48.6 Å². The molecule has 0 spiro atoms. The third-order valence-electron chi connectivity index (χ3n) is 2.55. The summed E-state index contributed by atoms with van der Waals surface area (Å²) in [5, 5.41) is 19.2. The van der Waals surface area contributed by atoms with E-state index in [-0.39, 0.29) is 0 Å². The molecule has 0 aromatic heterocycles. The minimum absolute atomic E-state index is 0.366. The first-order valence-corrected chi connectivity index (χ1v) is 4.67. The average Bonchev–Trinajstić information content (AvgIpc) is 2.27. The third kappa shape index (κ3) is 1.92. The molecule has 0 aliphatic rings. The van der Waals surface area contributed by atoms with Crippen LogP contribution in [0.25, 0.3) is 0 Å². The van der Waals surface area contributed by atoms with Gasteiger partial charge in [0.15, 0.2) is 5.60 Å². The standard InChI is InChI=1S/C12H14O3/c1-3-9(2)12(15,11(13)14)10-7-5-4-6-8-10/h3-9,15H,1H2,2H3,(H,13,14)/t9-,12+/m0/s1. The lowest BCUT2D eigenvalue weighted by molar-refractivity contribution is -0.163. The van der Waals surface area contributed by atoms with Crippen LogP contribution in [0.3, 0.4) is 0 Å². The minimum atomic E-state index is -1.90. The Kier molecular flexibility index (Phi) is 3.27. The molecule has 0 saturated heterocycles. The molecule has 15 heavy (non-hydrogen) atoms. The van der Waals surface area contributed by atoms with Crippen LogP contribution in [-0.2, 0) is 10.4 Å². The molecule has 2 atom stereocenters. The Morgan fingerprint density at radius 3 is 2.40 bits per heavy atom. The maximum Gasteiger partial charge on any atom is 0.341 e. The number of rotatable bonds is 4. The van der Waals surface area contributed by atoms with Crippen LogP contribution in [0.15, 0.2) is 43.0 Å². The summed E-state index contributed by atoms with van der Waals surface area (Å²) < 4.78 is 0. The van der Waals surface area contributed by atoms with Crippen LogP contribution < -0.4 is 0 Å². The molecule has 0 bridgehead atoms. The summed E-state index contributed by atoms with van der Waals surface area (Å²) in [7, 11) is 0. The van der Waals surface area contributed by atoms with Gasteiger partial charge in [0.1, 0.15) is 0 Å². The topological polar surface area (TPSA) is 57.5 Å². The first-order chi connectivity index (χ1) is 7.03. The Balaban J connectivity index is 3.24. The van der Waals surface area contributed by atoms with Gasteiger partial charge >= 0.3 is 5.97 Å². The van der Waals surface area contributed by atoms with Crippen molar-refractivity contribution in [1.29, 1.82) is 0 Å². The molecule has 3 heteroatoms. The Morgan fingerprint density at radius 1 is 1.47 bits per heavy atom. The van der Waals surface area contributed by atoms with Crippen molar-refractivity contribution in [2.24, 2.45) is 5.92 Å². The van der Waals surface area contributed by atoms with Gasteiger partial charge in [-0.3, -0.25) is 0 Å².